The van der Waals surface area contributed by atoms with Crippen LogP contribution in [0.25, 0.3) is 0 Å². The van der Waals surface area contributed by atoms with Crippen LogP contribution in [0.3, 0.4) is 0 Å². The van der Waals surface area contributed by atoms with Crippen LogP contribution in [0.1, 0.15) is 114 Å². The van der Waals surface area contributed by atoms with Crippen LogP contribution >= 0.6 is 0 Å². The molecular formula is C37H56O10. The highest BCUT2D eigenvalue weighted by Crippen LogP contribution is 2.68. The summed E-state index contributed by atoms with van der Waals surface area (Å²) >= 11 is 0. The molecule has 10 nitrogen and oxygen atoms in total. The van der Waals surface area contributed by atoms with Crippen molar-refractivity contribution >= 4 is 29.8 Å². The normalized spacial score (nSPS) is 36.2. The quantitative estimate of drug-likeness (QED) is 0.145. The van der Waals surface area contributed by atoms with Gasteiger partial charge in [0.25, 0.3) is 0 Å². The van der Waals surface area contributed by atoms with E-state index in [0.29, 0.717) is 38.7 Å². The molecule has 3 fully saturated rings. The van der Waals surface area contributed by atoms with Gasteiger partial charge in [-0.3, -0.25) is 24.0 Å². The maximum Gasteiger partial charge on any atom is 0.302 e. The van der Waals surface area contributed by atoms with E-state index in [1.807, 2.05) is 6.92 Å². The van der Waals surface area contributed by atoms with Crippen molar-refractivity contribution in [1.82, 2.24) is 0 Å². The third-order valence-corrected chi connectivity index (χ3v) is 12.0. The molecule has 264 valence electrons. The summed E-state index contributed by atoms with van der Waals surface area (Å²) in [5.41, 5.74) is 0.674. The minimum Gasteiger partial charge on any atom is -0.466 e. The van der Waals surface area contributed by atoms with E-state index in [1.54, 1.807) is 0 Å². The van der Waals surface area contributed by atoms with Crippen molar-refractivity contribution in [3.05, 3.63) is 11.6 Å². The highest BCUT2D eigenvalue weighted by Gasteiger charge is 2.66. The zero-order valence-electron chi connectivity index (χ0n) is 29.8. The monoisotopic (exact) mass is 660 g/mol. The molecule has 4 aliphatic carbocycles. The molecule has 12 atom stereocenters. The van der Waals surface area contributed by atoms with E-state index < -0.39 is 6.10 Å². The lowest BCUT2D eigenvalue weighted by Crippen LogP contribution is -2.58. The topological polar surface area (TPSA) is 132 Å². The number of hydrogen-bond acceptors (Lipinski definition) is 10. The zero-order valence-corrected chi connectivity index (χ0v) is 29.8. The maximum absolute atomic E-state index is 12.7. The second kappa shape index (κ2) is 14.7. The maximum atomic E-state index is 12.7. The Morgan fingerprint density at radius 2 is 1.49 bits per heavy atom. The average Bonchev–Trinajstić information content (AvgIpc) is 3.23. The van der Waals surface area contributed by atoms with Gasteiger partial charge in [-0.05, 0) is 79.4 Å². The van der Waals surface area contributed by atoms with Crippen LogP contribution in [0.4, 0.5) is 0 Å². The van der Waals surface area contributed by atoms with Crippen LogP contribution in [0.5, 0.6) is 0 Å². The average molecular weight is 661 g/mol. The van der Waals surface area contributed by atoms with E-state index >= 15 is 0 Å². The second-order valence-corrected chi connectivity index (χ2v) is 15.4. The summed E-state index contributed by atoms with van der Waals surface area (Å²) in [6, 6.07) is 0. The first-order valence-corrected chi connectivity index (χ1v) is 17.5. The van der Waals surface area contributed by atoms with Gasteiger partial charge in [0.2, 0.25) is 0 Å². The first kappa shape index (κ1) is 36.9. The minimum atomic E-state index is -0.442. The van der Waals surface area contributed by atoms with Crippen molar-refractivity contribution in [2.24, 2.45) is 46.3 Å². The number of rotatable bonds is 11. The fourth-order valence-corrected chi connectivity index (χ4v) is 10.3. The number of carbonyl (C=O) groups is 5. The van der Waals surface area contributed by atoms with Crippen molar-refractivity contribution in [1.29, 1.82) is 0 Å². The number of hydrogen-bond donors (Lipinski definition) is 0. The van der Waals surface area contributed by atoms with Gasteiger partial charge >= 0.3 is 29.8 Å². The predicted molar refractivity (Wildman–Crippen MR) is 172 cm³/mol. The Morgan fingerprint density at radius 3 is 2.09 bits per heavy atom. The molecular weight excluding hydrogens is 604 g/mol. The Labute approximate surface area is 280 Å². The van der Waals surface area contributed by atoms with Crippen molar-refractivity contribution < 1.29 is 47.7 Å². The van der Waals surface area contributed by atoms with Crippen LogP contribution in [0.2, 0.25) is 0 Å². The largest absolute Gasteiger partial charge is 0.466 e. The first-order valence-electron chi connectivity index (χ1n) is 17.5. The van der Waals surface area contributed by atoms with Gasteiger partial charge in [0.15, 0.2) is 0 Å². The molecule has 0 radical (unpaired) electrons. The van der Waals surface area contributed by atoms with Gasteiger partial charge in [0, 0.05) is 52.9 Å². The van der Waals surface area contributed by atoms with Gasteiger partial charge in [-0.25, -0.2) is 0 Å². The summed E-state index contributed by atoms with van der Waals surface area (Å²) < 4.78 is 29.2. The van der Waals surface area contributed by atoms with Crippen LogP contribution in [-0.2, 0) is 47.7 Å². The lowest BCUT2D eigenvalue weighted by atomic mass is 9.46. The molecule has 0 unspecified atom stereocenters. The Morgan fingerprint density at radius 1 is 0.851 bits per heavy atom. The molecule has 3 saturated carbocycles. The fraction of sp³-hybridized carbons (Fsp3) is 0.811. The lowest BCUT2D eigenvalue weighted by molar-refractivity contribution is -0.181. The van der Waals surface area contributed by atoms with Gasteiger partial charge in [0.1, 0.15) is 24.4 Å². The van der Waals surface area contributed by atoms with E-state index in [0.717, 1.165) is 19.3 Å². The Balaban J connectivity index is 1.70. The predicted octanol–water partition coefficient (Wildman–Crippen LogP) is 6.13. The van der Waals surface area contributed by atoms with Gasteiger partial charge < -0.3 is 23.7 Å². The van der Waals surface area contributed by atoms with Gasteiger partial charge in [-0.15, -0.1) is 0 Å². The minimum absolute atomic E-state index is 0.0705. The number of allylic oxidation sites excluding steroid dienone is 1. The van der Waals surface area contributed by atoms with E-state index in [2.05, 4.69) is 26.8 Å². The van der Waals surface area contributed by atoms with E-state index in [9.17, 15) is 24.0 Å². The lowest BCUT2D eigenvalue weighted by Gasteiger charge is -2.60. The standard InChI is InChI=1S/C37H56O10/c1-20(19-43-22(3)38)10-13-31(45-24(5)40)21(2)34-32(46-25(6)41)17-30-29-12-11-27-16-28(44-23(4)39)14-15-36(27,8)35(29)33(47-26(7)42)18-37(30,34)9/h11,20-21,28-35H,10,12-19H2,1-9H3/t20-,21-,28+,29+,30+,31+,32+,33-,34+,35-,36+,37+/m1/s1. The van der Waals surface area contributed by atoms with Crippen LogP contribution in [-0.4, -0.2) is 60.9 Å². The summed E-state index contributed by atoms with van der Waals surface area (Å²) in [5.74, 6) is -1.45. The number of ether oxygens (including phenoxy) is 5. The second-order valence-electron chi connectivity index (χ2n) is 15.4. The molecule has 0 aromatic heterocycles. The molecule has 0 aromatic carbocycles. The molecule has 4 aliphatic rings. The van der Waals surface area contributed by atoms with E-state index in [1.165, 1.54) is 40.2 Å². The molecule has 0 spiro atoms. The molecule has 47 heavy (non-hydrogen) atoms. The summed E-state index contributed by atoms with van der Waals surface area (Å²) in [6.45, 7) is 16.1. The summed E-state index contributed by atoms with van der Waals surface area (Å²) in [5, 5.41) is 0. The van der Waals surface area contributed by atoms with Gasteiger partial charge in [-0.2, -0.15) is 0 Å². The van der Waals surface area contributed by atoms with Gasteiger partial charge in [0.05, 0.1) is 6.61 Å². The van der Waals surface area contributed by atoms with Crippen LogP contribution in [0.15, 0.2) is 11.6 Å². The third-order valence-electron chi connectivity index (χ3n) is 12.0. The number of esters is 5. The highest BCUT2D eigenvalue weighted by molar-refractivity contribution is 5.67. The van der Waals surface area contributed by atoms with Crippen molar-refractivity contribution in [2.75, 3.05) is 6.61 Å². The molecule has 4 rings (SSSR count). The molecule has 0 aromatic rings. The Kier molecular flexibility index (Phi) is 11.5. The SMILES string of the molecule is CC(=O)OC[C@H](C)CC[C@H](OC(C)=O)[C@@H](C)[C@H]1[C@@H](OC(C)=O)C[C@H]2[C@@H]3CC=C4C[C@@H](OC(C)=O)CC[C@]4(C)[C@H]3[C@H](OC(C)=O)C[C@]12C. The number of carbonyl (C=O) groups excluding carboxylic acids is 5. The Hall–Kier alpha value is -2.91. The van der Waals surface area contributed by atoms with Crippen molar-refractivity contribution in [2.45, 2.75) is 138 Å². The smallest absolute Gasteiger partial charge is 0.302 e. The van der Waals surface area contributed by atoms with Crippen molar-refractivity contribution in [3.63, 3.8) is 0 Å². The van der Waals surface area contributed by atoms with E-state index in [-0.39, 0.29) is 94.5 Å². The molecule has 0 aliphatic heterocycles. The van der Waals surface area contributed by atoms with Crippen LogP contribution in [0, 0.1) is 46.3 Å². The molecule has 0 saturated heterocycles. The summed E-state index contributed by atoms with van der Waals surface area (Å²) in [4.78, 5) is 60.7. The fourth-order valence-electron chi connectivity index (χ4n) is 10.3. The highest BCUT2D eigenvalue weighted by atomic mass is 16.6. The van der Waals surface area contributed by atoms with E-state index in [4.69, 9.17) is 23.7 Å². The number of fused-ring (bicyclic) bond motifs is 5. The molecule has 10 heteroatoms. The molecule has 0 heterocycles. The third kappa shape index (κ3) is 8.05. The van der Waals surface area contributed by atoms with Crippen LogP contribution < -0.4 is 0 Å². The molecule has 0 N–H and O–H groups in total. The zero-order chi connectivity index (χ0) is 34.8. The van der Waals surface area contributed by atoms with Gasteiger partial charge in [-0.1, -0.05) is 39.3 Å². The molecule has 0 bridgehead atoms. The van der Waals surface area contributed by atoms with Crippen molar-refractivity contribution in [3.8, 4) is 0 Å². The first-order chi connectivity index (χ1) is 22.0. The summed E-state index contributed by atoms with van der Waals surface area (Å²) in [6.07, 6.45) is 6.61. The summed E-state index contributed by atoms with van der Waals surface area (Å²) in [7, 11) is 0. The molecule has 0 amide bonds. The Bertz CT molecular complexity index is 1240.